The molecule has 2 amide bonds. The molecule has 0 saturated heterocycles. The monoisotopic (exact) mass is 379 g/mol. The van der Waals surface area contributed by atoms with Crippen LogP contribution in [-0.2, 0) is 11.2 Å². The first kappa shape index (κ1) is 18.4. The van der Waals surface area contributed by atoms with Crippen molar-refractivity contribution in [2.45, 2.75) is 56.5 Å². The smallest absolute Gasteiger partial charge is 0.272 e. The van der Waals surface area contributed by atoms with E-state index < -0.39 is 0 Å². The van der Waals surface area contributed by atoms with Gasteiger partial charge in [0, 0.05) is 17.3 Å². The van der Waals surface area contributed by atoms with Crippen LogP contribution in [0.5, 0.6) is 0 Å². The van der Waals surface area contributed by atoms with E-state index in [1.165, 1.54) is 22.6 Å². The van der Waals surface area contributed by atoms with Crippen LogP contribution in [0.3, 0.4) is 0 Å². The Morgan fingerprint density at radius 3 is 2.54 bits per heavy atom. The third-order valence-corrected chi connectivity index (χ3v) is 5.91. The van der Waals surface area contributed by atoms with E-state index >= 15 is 0 Å². The summed E-state index contributed by atoms with van der Waals surface area (Å²) >= 11 is 0. The lowest BCUT2D eigenvalue weighted by Gasteiger charge is -2.60. The minimum atomic E-state index is -0.261. The molecule has 146 valence electrons. The SMILES string of the molecule is C=Cn1nncc1C(=O)NC12CCCC(NC(=O)Cc3ccc(C)cc3)(C1)C2. The summed E-state index contributed by atoms with van der Waals surface area (Å²) in [4.78, 5) is 25.2. The van der Waals surface area contributed by atoms with Gasteiger partial charge in [-0.15, -0.1) is 5.10 Å². The van der Waals surface area contributed by atoms with Crippen molar-refractivity contribution in [2.75, 3.05) is 0 Å². The summed E-state index contributed by atoms with van der Waals surface area (Å²) in [5.74, 6) is -0.161. The average molecular weight is 379 g/mol. The topological polar surface area (TPSA) is 88.9 Å². The maximum atomic E-state index is 12.6. The highest BCUT2D eigenvalue weighted by Gasteiger charge is 2.58. The average Bonchev–Trinajstić information content (AvgIpc) is 3.12. The Kier molecular flexibility index (Phi) is 4.53. The Morgan fingerprint density at radius 2 is 1.86 bits per heavy atom. The van der Waals surface area contributed by atoms with Gasteiger partial charge >= 0.3 is 0 Å². The fourth-order valence-corrected chi connectivity index (χ4v) is 4.74. The summed E-state index contributed by atoms with van der Waals surface area (Å²) in [7, 11) is 0. The van der Waals surface area contributed by atoms with Gasteiger partial charge in [0.15, 0.2) is 5.69 Å². The summed E-state index contributed by atoms with van der Waals surface area (Å²) in [5, 5.41) is 14.0. The molecule has 0 aliphatic heterocycles. The number of nitrogens with zero attached hydrogens (tertiary/aromatic N) is 3. The Morgan fingerprint density at radius 1 is 1.18 bits per heavy atom. The molecule has 3 aliphatic rings. The number of fused-ring (bicyclic) bond motifs is 2. The molecular formula is C21H25N5O2. The Labute approximate surface area is 164 Å². The van der Waals surface area contributed by atoms with Gasteiger partial charge in [0.1, 0.15) is 0 Å². The molecule has 7 nitrogen and oxygen atoms in total. The molecule has 2 N–H and O–H groups in total. The molecule has 3 saturated carbocycles. The molecule has 2 bridgehead atoms. The number of aromatic nitrogens is 3. The molecule has 0 unspecified atom stereocenters. The van der Waals surface area contributed by atoms with Crippen LogP contribution >= 0.6 is 0 Å². The predicted octanol–water partition coefficient (Wildman–Crippen LogP) is 2.23. The summed E-state index contributed by atoms with van der Waals surface area (Å²) in [5.41, 5.74) is 2.10. The van der Waals surface area contributed by atoms with E-state index in [0.717, 1.165) is 37.7 Å². The normalized spacial score (nSPS) is 25.5. The first-order chi connectivity index (χ1) is 13.4. The fourth-order valence-electron chi connectivity index (χ4n) is 4.74. The molecule has 5 rings (SSSR count). The zero-order valence-corrected chi connectivity index (χ0v) is 16.1. The highest BCUT2D eigenvalue weighted by molar-refractivity contribution is 5.93. The van der Waals surface area contributed by atoms with Crippen LogP contribution in [0.4, 0.5) is 0 Å². The molecular weight excluding hydrogens is 354 g/mol. The molecule has 3 aliphatic carbocycles. The van der Waals surface area contributed by atoms with Gasteiger partial charge in [0.05, 0.1) is 12.6 Å². The second-order valence-electron chi connectivity index (χ2n) is 8.18. The molecule has 28 heavy (non-hydrogen) atoms. The number of hydrogen-bond donors (Lipinski definition) is 2. The summed E-state index contributed by atoms with van der Waals surface area (Å²) in [6, 6.07) is 8.04. The van der Waals surface area contributed by atoms with E-state index in [0.29, 0.717) is 12.1 Å². The predicted molar refractivity (Wildman–Crippen MR) is 105 cm³/mol. The van der Waals surface area contributed by atoms with Gasteiger partial charge in [-0.2, -0.15) is 0 Å². The van der Waals surface area contributed by atoms with Gasteiger partial charge in [-0.1, -0.05) is 41.6 Å². The number of nitrogens with one attached hydrogen (secondary N) is 2. The van der Waals surface area contributed by atoms with Crippen molar-refractivity contribution >= 4 is 18.0 Å². The summed E-state index contributed by atoms with van der Waals surface area (Å²) in [6.07, 6.45) is 7.65. The van der Waals surface area contributed by atoms with Gasteiger partial charge in [-0.3, -0.25) is 9.59 Å². The molecule has 0 atom stereocenters. The largest absolute Gasteiger partial charge is 0.350 e. The van der Waals surface area contributed by atoms with E-state index in [-0.39, 0.29) is 22.9 Å². The molecule has 1 aromatic carbocycles. The molecule has 2 aromatic rings. The Hall–Kier alpha value is -2.96. The van der Waals surface area contributed by atoms with Gasteiger partial charge in [-0.05, 0) is 44.6 Å². The minimum Gasteiger partial charge on any atom is -0.350 e. The van der Waals surface area contributed by atoms with Crippen LogP contribution in [0, 0.1) is 6.92 Å². The van der Waals surface area contributed by atoms with Gasteiger partial charge in [0.2, 0.25) is 5.91 Å². The minimum absolute atomic E-state index is 0.0413. The maximum absolute atomic E-state index is 12.6. The fraction of sp³-hybridized carbons (Fsp3) is 0.429. The third kappa shape index (κ3) is 3.44. The first-order valence-corrected chi connectivity index (χ1v) is 9.64. The van der Waals surface area contributed by atoms with Gasteiger partial charge < -0.3 is 10.6 Å². The number of carbonyl (C=O) groups excluding carboxylic acids is 2. The number of carbonyl (C=O) groups is 2. The standard InChI is InChI=1S/C21H25N5O2/c1-3-26-17(12-22-25-26)19(28)24-21-10-4-9-20(13-21,14-21)23-18(27)11-16-7-5-15(2)6-8-16/h3,5-8,12H,1,4,9-11,13-14H2,2H3,(H,23,27)(H,24,28). The second kappa shape index (κ2) is 6.89. The van der Waals surface area contributed by atoms with Crippen molar-refractivity contribution in [1.82, 2.24) is 25.6 Å². The van der Waals surface area contributed by atoms with Crippen LogP contribution in [0.15, 0.2) is 37.0 Å². The van der Waals surface area contributed by atoms with E-state index in [1.54, 1.807) is 0 Å². The zero-order chi connectivity index (χ0) is 19.8. The van der Waals surface area contributed by atoms with E-state index in [2.05, 4.69) is 27.5 Å². The van der Waals surface area contributed by atoms with Crippen LogP contribution in [0.1, 0.15) is 53.7 Å². The van der Waals surface area contributed by atoms with Crippen LogP contribution in [0.25, 0.3) is 6.20 Å². The van der Waals surface area contributed by atoms with Crippen LogP contribution in [0.2, 0.25) is 0 Å². The highest BCUT2D eigenvalue weighted by atomic mass is 16.2. The van der Waals surface area contributed by atoms with Crippen molar-refractivity contribution in [3.8, 4) is 0 Å². The number of hydrogen-bond acceptors (Lipinski definition) is 4. The summed E-state index contributed by atoms with van der Waals surface area (Å²) < 4.78 is 1.37. The number of amides is 2. The van der Waals surface area contributed by atoms with Gasteiger partial charge in [0.25, 0.3) is 5.91 Å². The highest BCUT2D eigenvalue weighted by Crippen LogP contribution is 2.52. The molecule has 0 radical (unpaired) electrons. The Balaban J connectivity index is 1.37. The first-order valence-electron chi connectivity index (χ1n) is 9.64. The molecule has 3 fully saturated rings. The lowest BCUT2D eigenvalue weighted by Crippen LogP contribution is -2.73. The number of rotatable bonds is 6. The van der Waals surface area contributed by atoms with Crippen molar-refractivity contribution < 1.29 is 9.59 Å². The second-order valence-corrected chi connectivity index (χ2v) is 8.18. The van der Waals surface area contributed by atoms with Crippen LogP contribution in [-0.4, -0.2) is 37.9 Å². The quantitative estimate of drug-likeness (QED) is 0.806. The third-order valence-electron chi connectivity index (χ3n) is 5.91. The maximum Gasteiger partial charge on any atom is 0.272 e. The Bertz CT molecular complexity index is 909. The molecule has 7 heteroatoms. The molecule has 0 spiro atoms. The lowest BCUT2D eigenvalue weighted by atomic mass is 9.54. The van der Waals surface area contributed by atoms with E-state index in [1.807, 2.05) is 31.2 Å². The van der Waals surface area contributed by atoms with Crippen molar-refractivity contribution in [2.24, 2.45) is 0 Å². The van der Waals surface area contributed by atoms with Crippen molar-refractivity contribution in [3.63, 3.8) is 0 Å². The van der Waals surface area contributed by atoms with E-state index in [4.69, 9.17) is 0 Å². The summed E-state index contributed by atoms with van der Waals surface area (Å²) in [6.45, 7) is 5.67. The molecule has 1 heterocycles. The van der Waals surface area contributed by atoms with Gasteiger partial charge in [-0.25, -0.2) is 4.68 Å². The zero-order valence-electron chi connectivity index (χ0n) is 16.1. The van der Waals surface area contributed by atoms with Crippen molar-refractivity contribution in [3.05, 3.63) is 53.9 Å². The lowest BCUT2D eigenvalue weighted by molar-refractivity contribution is -0.126. The van der Waals surface area contributed by atoms with Crippen molar-refractivity contribution in [1.29, 1.82) is 0 Å². The molecule has 1 aromatic heterocycles. The number of aryl methyl sites for hydroxylation is 1. The number of benzene rings is 1. The van der Waals surface area contributed by atoms with E-state index in [9.17, 15) is 9.59 Å². The van der Waals surface area contributed by atoms with Crippen LogP contribution < -0.4 is 10.6 Å².